The summed E-state index contributed by atoms with van der Waals surface area (Å²) in [6.07, 6.45) is 1.84. The molecule has 0 atom stereocenters. The van der Waals surface area contributed by atoms with Crippen molar-refractivity contribution < 1.29 is 47.8 Å². The fraction of sp³-hybridized carbons (Fsp3) is 0.189. The smallest absolute Gasteiger partial charge is 0.200 e. The largest absolute Gasteiger partial charge is 0.509 e. The molecule has 1 aliphatic heterocycles. The zero-order valence-electron chi connectivity index (χ0n) is 49.1. The number of pyridine rings is 1. The van der Waals surface area contributed by atoms with Gasteiger partial charge in [-0.05, 0) is 128 Å². The third-order valence-corrected chi connectivity index (χ3v) is 16.0. The molecule has 0 saturated carbocycles. The summed E-state index contributed by atoms with van der Waals surface area (Å²) in [5.74, 6) is -8.70. The number of aryl methyl sites for hydroxylation is 2. The van der Waals surface area contributed by atoms with Crippen LogP contribution < -0.4 is 14.5 Å². The number of para-hydroxylation sites is 3. The SMILES string of the molecule is Cc1cccc(C)c1-c1cc(Oc2[c-]c3c(cc2)c2ccccc2n3-c2cc(C(C)(C)C)ccn2)[c-]c(N2[CH-]N(c3c(-c4cc(C(C)(C)C)cc(C(C)(C)C)c4)cc(-c4ccccc4)cc3-c3c(F)c(F)c(F)c(F)c3F)c3ccccc32)c1.[Pt]. The molecule has 432 valence electrons. The molecule has 0 saturated heterocycles. The average molecular weight is 1310 g/mol. The molecule has 0 spiro atoms. The maximum atomic E-state index is 16.9. The number of aromatic nitrogens is 2. The van der Waals surface area contributed by atoms with E-state index in [9.17, 15) is 0 Å². The van der Waals surface area contributed by atoms with Gasteiger partial charge in [0.2, 0.25) is 5.82 Å². The Kier molecular flexibility index (Phi) is 15.1. The molecular weight excluding hydrogens is 1250 g/mol. The van der Waals surface area contributed by atoms with Gasteiger partial charge in [0.1, 0.15) is 5.82 Å². The van der Waals surface area contributed by atoms with Gasteiger partial charge in [0.25, 0.3) is 0 Å². The topological polar surface area (TPSA) is 33.5 Å². The Morgan fingerprint density at radius 3 is 1.69 bits per heavy atom. The van der Waals surface area contributed by atoms with Crippen LogP contribution in [0.5, 0.6) is 11.5 Å². The standard InChI is InChI=1S/C74H62F5N4O.Pt/c1-43-20-19-21-44(2)64(43)48-34-52(40-54(35-48)84-53-28-29-56-55-24-15-16-25-59(55)83(62(56)41-53)63-39-49(30-31-80-63)72(3,4)5)81-42-82(61-27-18-17-26-60(61)81)71-57(47-32-50(73(6,7)8)38-51(33-47)74(9,10)11)36-46(45-22-13-12-14-23-45)37-58(71)65-66(75)68(77)70(79)69(78)67(65)76;/h12-39,42H,1-11H3;/q-3;. The van der Waals surface area contributed by atoms with E-state index in [1.165, 1.54) is 6.07 Å². The van der Waals surface area contributed by atoms with E-state index in [4.69, 9.17) is 9.72 Å². The van der Waals surface area contributed by atoms with Gasteiger partial charge in [-0.2, -0.15) is 6.07 Å². The predicted octanol–water partition coefficient (Wildman–Crippen LogP) is 20.9. The first-order valence-corrected chi connectivity index (χ1v) is 28.1. The molecule has 11 heteroatoms. The Balaban J connectivity index is 0.00000752. The van der Waals surface area contributed by atoms with E-state index in [2.05, 4.69) is 141 Å². The third-order valence-electron chi connectivity index (χ3n) is 16.0. The van der Waals surface area contributed by atoms with E-state index < -0.39 is 34.6 Å². The van der Waals surface area contributed by atoms with E-state index in [1.807, 2.05) is 120 Å². The van der Waals surface area contributed by atoms with Crippen molar-refractivity contribution >= 4 is 44.6 Å². The van der Waals surface area contributed by atoms with Crippen LogP contribution in [0.2, 0.25) is 0 Å². The summed E-state index contributed by atoms with van der Waals surface area (Å²) in [7, 11) is 0. The number of hydrogen-bond acceptors (Lipinski definition) is 4. The van der Waals surface area contributed by atoms with Crippen LogP contribution >= 0.6 is 0 Å². The minimum atomic E-state index is -2.24. The number of nitrogens with zero attached hydrogens (tertiary/aromatic N) is 4. The van der Waals surface area contributed by atoms with Crippen molar-refractivity contribution in [3.05, 3.63) is 246 Å². The summed E-state index contributed by atoms with van der Waals surface area (Å²) >= 11 is 0. The van der Waals surface area contributed by atoms with Gasteiger partial charge in [-0.3, -0.25) is 0 Å². The van der Waals surface area contributed by atoms with E-state index in [0.29, 0.717) is 50.8 Å². The second kappa shape index (κ2) is 21.9. The number of halogens is 5. The summed E-state index contributed by atoms with van der Waals surface area (Å²) in [4.78, 5) is 8.59. The fourth-order valence-electron chi connectivity index (χ4n) is 11.5. The van der Waals surface area contributed by atoms with Gasteiger partial charge in [-0.25, -0.2) is 26.9 Å². The Labute approximate surface area is 508 Å². The summed E-state index contributed by atoms with van der Waals surface area (Å²) in [6.45, 7) is 25.1. The molecule has 11 aromatic rings. The minimum absolute atomic E-state index is 0. The van der Waals surface area contributed by atoms with Crippen LogP contribution in [0, 0.1) is 61.7 Å². The van der Waals surface area contributed by atoms with Crippen molar-refractivity contribution in [3.63, 3.8) is 0 Å². The maximum absolute atomic E-state index is 16.9. The first-order chi connectivity index (χ1) is 39.9. The van der Waals surface area contributed by atoms with Gasteiger partial charge in [0.05, 0.1) is 5.56 Å². The second-order valence-electron chi connectivity index (χ2n) is 25.0. The summed E-state index contributed by atoms with van der Waals surface area (Å²) in [5, 5.41) is 2.01. The Morgan fingerprint density at radius 2 is 1.05 bits per heavy atom. The van der Waals surface area contributed by atoms with Gasteiger partial charge in [-0.1, -0.05) is 165 Å². The van der Waals surface area contributed by atoms with Crippen LogP contribution in [0.3, 0.4) is 0 Å². The number of anilines is 4. The number of rotatable bonds is 9. The first kappa shape index (κ1) is 58.4. The fourth-order valence-corrected chi connectivity index (χ4v) is 11.5. The number of benzene rings is 9. The molecule has 0 aliphatic carbocycles. The molecular formula is C74H62F5N4OPt-3. The zero-order valence-corrected chi connectivity index (χ0v) is 51.4. The van der Waals surface area contributed by atoms with Crippen molar-refractivity contribution in [2.45, 2.75) is 92.4 Å². The van der Waals surface area contributed by atoms with Crippen molar-refractivity contribution in [2.24, 2.45) is 0 Å². The molecule has 85 heavy (non-hydrogen) atoms. The van der Waals surface area contributed by atoms with E-state index >= 15 is 22.0 Å². The van der Waals surface area contributed by atoms with E-state index in [-0.39, 0.29) is 48.6 Å². The molecule has 0 bridgehead atoms. The van der Waals surface area contributed by atoms with E-state index in [1.54, 1.807) is 11.6 Å². The molecule has 9 aromatic carbocycles. The van der Waals surface area contributed by atoms with Crippen molar-refractivity contribution in [1.82, 2.24) is 9.55 Å². The second-order valence-corrected chi connectivity index (χ2v) is 25.0. The third kappa shape index (κ3) is 10.6. The van der Waals surface area contributed by atoms with Crippen LogP contribution in [-0.4, -0.2) is 9.55 Å². The summed E-state index contributed by atoms with van der Waals surface area (Å²) in [6, 6.07) is 60.1. The molecule has 0 amide bonds. The minimum Gasteiger partial charge on any atom is -0.509 e. The molecule has 0 radical (unpaired) electrons. The molecule has 12 rings (SSSR count). The van der Waals surface area contributed by atoms with Crippen LogP contribution in [-0.2, 0) is 37.3 Å². The number of ether oxygens (including phenoxy) is 1. The zero-order chi connectivity index (χ0) is 59.3. The molecule has 0 N–H and O–H groups in total. The van der Waals surface area contributed by atoms with Crippen LogP contribution in [0.15, 0.2) is 170 Å². The number of hydrogen-bond donors (Lipinski definition) is 0. The monoisotopic (exact) mass is 1310 g/mol. The molecule has 0 unspecified atom stereocenters. The summed E-state index contributed by atoms with van der Waals surface area (Å²) in [5.41, 5.74) is 10.8. The van der Waals surface area contributed by atoms with Crippen LogP contribution in [0.4, 0.5) is 44.7 Å². The Bertz CT molecular complexity index is 4350. The van der Waals surface area contributed by atoms with Gasteiger partial charge >= 0.3 is 0 Å². The maximum Gasteiger partial charge on any atom is 0.200 e. The van der Waals surface area contributed by atoms with Crippen LogP contribution in [0.1, 0.15) is 90.1 Å². The van der Waals surface area contributed by atoms with E-state index in [0.717, 1.165) is 66.6 Å². The first-order valence-electron chi connectivity index (χ1n) is 28.1. The van der Waals surface area contributed by atoms with Gasteiger partial charge < -0.3 is 19.1 Å². The summed E-state index contributed by atoms with van der Waals surface area (Å²) < 4.78 is 89.8. The molecule has 5 nitrogen and oxygen atoms in total. The van der Waals surface area contributed by atoms with Gasteiger partial charge in [0, 0.05) is 72.5 Å². The van der Waals surface area contributed by atoms with Crippen molar-refractivity contribution in [2.75, 3.05) is 9.80 Å². The normalized spacial score (nSPS) is 12.8. The van der Waals surface area contributed by atoms with Crippen LogP contribution in [0.25, 0.3) is 72.1 Å². The predicted molar refractivity (Wildman–Crippen MR) is 331 cm³/mol. The molecule has 1 aliphatic rings. The Hall–Kier alpha value is -8.33. The van der Waals surface area contributed by atoms with Crippen molar-refractivity contribution in [1.29, 1.82) is 0 Å². The van der Waals surface area contributed by atoms with Crippen molar-refractivity contribution in [3.8, 4) is 61.8 Å². The van der Waals surface area contributed by atoms with Gasteiger partial charge in [0.15, 0.2) is 23.3 Å². The Morgan fingerprint density at radius 1 is 0.459 bits per heavy atom. The molecule has 3 heterocycles. The molecule has 0 fully saturated rings. The molecule has 2 aromatic heterocycles. The quantitative estimate of drug-likeness (QED) is 0.0624. The van der Waals surface area contributed by atoms with Gasteiger partial charge in [-0.15, -0.1) is 53.6 Å². The average Bonchev–Trinajstić information content (AvgIpc) is 2.09. The number of fused-ring (bicyclic) bond motifs is 4.